The van der Waals surface area contributed by atoms with Crippen LogP contribution in [-0.2, 0) is 14.8 Å². The lowest BCUT2D eigenvalue weighted by molar-refractivity contribution is -0.385. The third kappa shape index (κ3) is 4.14. The Bertz CT molecular complexity index is 782. The number of carbonyl (C=O) groups excluding carboxylic acids is 1. The van der Waals surface area contributed by atoms with Crippen LogP contribution in [0.15, 0.2) is 29.2 Å². The Kier molecular flexibility index (Phi) is 6.56. The maximum atomic E-state index is 12.9. The van der Waals surface area contributed by atoms with E-state index in [1.165, 1.54) is 18.2 Å². The Hall–Kier alpha value is -1.75. The fourth-order valence-corrected chi connectivity index (χ4v) is 4.95. The summed E-state index contributed by atoms with van der Waals surface area (Å²) < 4.78 is 26.9. The number of sulfonamides is 1. The van der Waals surface area contributed by atoms with Crippen molar-refractivity contribution in [2.45, 2.75) is 36.2 Å². The quantitative estimate of drug-likeness (QED) is 0.548. The van der Waals surface area contributed by atoms with E-state index in [9.17, 15) is 23.3 Å². The topological polar surface area (TPSA) is 122 Å². The van der Waals surface area contributed by atoms with Crippen molar-refractivity contribution in [2.24, 2.45) is 0 Å². The highest BCUT2D eigenvalue weighted by molar-refractivity contribution is 7.89. The van der Waals surface area contributed by atoms with Gasteiger partial charge in [0.05, 0.1) is 9.82 Å². The molecular formula is C15H21ClN4O5S. The first-order valence-electron chi connectivity index (χ1n) is 8.17. The number of nitrogens with one attached hydrogen (secondary N) is 2. The molecule has 0 bridgehead atoms. The number of hydrogen-bond acceptors (Lipinski definition) is 6. The SMILES string of the molecule is Cl.O=C(NC1CCNC1)C1CCCN1S(=O)(=O)c1cccc([N+](=O)[O-])c1. The van der Waals surface area contributed by atoms with Crippen LogP contribution in [0.3, 0.4) is 0 Å². The van der Waals surface area contributed by atoms with Crippen molar-refractivity contribution in [2.75, 3.05) is 19.6 Å². The zero-order valence-electron chi connectivity index (χ0n) is 14.0. The van der Waals surface area contributed by atoms with E-state index in [0.29, 0.717) is 19.4 Å². The minimum Gasteiger partial charge on any atom is -0.351 e. The highest BCUT2D eigenvalue weighted by atomic mass is 35.5. The van der Waals surface area contributed by atoms with E-state index < -0.39 is 21.0 Å². The zero-order chi connectivity index (χ0) is 18.0. The van der Waals surface area contributed by atoms with Crippen molar-refractivity contribution >= 4 is 34.0 Å². The Morgan fingerprint density at radius 1 is 1.35 bits per heavy atom. The number of halogens is 1. The molecule has 0 radical (unpaired) electrons. The summed E-state index contributed by atoms with van der Waals surface area (Å²) in [5, 5.41) is 16.9. The van der Waals surface area contributed by atoms with Gasteiger partial charge in [0.1, 0.15) is 6.04 Å². The van der Waals surface area contributed by atoms with Crippen LogP contribution in [-0.4, -0.2) is 55.3 Å². The molecule has 1 aromatic carbocycles. The number of amides is 1. The average molecular weight is 405 g/mol. The molecule has 9 nitrogen and oxygen atoms in total. The number of nitrogens with zero attached hydrogens (tertiary/aromatic N) is 2. The maximum absolute atomic E-state index is 12.9. The van der Waals surface area contributed by atoms with E-state index >= 15 is 0 Å². The van der Waals surface area contributed by atoms with Gasteiger partial charge in [0.2, 0.25) is 15.9 Å². The molecule has 1 aromatic rings. The van der Waals surface area contributed by atoms with Crippen LogP contribution in [0.1, 0.15) is 19.3 Å². The largest absolute Gasteiger partial charge is 0.351 e. The number of nitro groups is 1. The number of nitro benzene ring substituents is 1. The van der Waals surface area contributed by atoms with Gasteiger partial charge in [-0.05, 0) is 31.9 Å². The monoisotopic (exact) mass is 404 g/mol. The van der Waals surface area contributed by atoms with Gasteiger partial charge in [0, 0.05) is 31.3 Å². The average Bonchev–Trinajstić information content (AvgIpc) is 3.26. The van der Waals surface area contributed by atoms with E-state index in [4.69, 9.17) is 0 Å². The molecule has 2 unspecified atom stereocenters. The summed E-state index contributed by atoms with van der Waals surface area (Å²) in [5.41, 5.74) is -0.293. The molecule has 0 aromatic heterocycles. The second-order valence-corrected chi connectivity index (χ2v) is 8.12. The van der Waals surface area contributed by atoms with Crippen molar-refractivity contribution in [3.8, 4) is 0 Å². The first-order valence-corrected chi connectivity index (χ1v) is 9.61. The van der Waals surface area contributed by atoms with Gasteiger partial charge < -0.3 is 10.6 Å². The Morgan fingerprint density at radius 2 is 2.12 bits per heavy atom. The highest BCUT2D eigenvalue weighted by Gasteiger charge is 2.40. The van der Waals surface area contributed by atoms with Crippen molar-refractivity contribution in [1.82, 2.24) is 14.9 Å². The van der Waals surface area contributed by atoms with Gasteiger partial charge in [0.15, 0.2) is 0 Å². The molecule has 2 saturated heterocycles. The van der Waals surface area contributed by atoms with Crippen molar-refractivity contribution < 1.29 is 18.1 Å². The van der Waals surface area contributed by atoms with Gasteiger partial charge >= 0.3 is 0 Å². The van der Waals surface area contributed by atoms with E-state index in [1.807, 2.05) is 0 Å². The summed E-state index contributed by atoms with van der Waals surface area (Å²) in [7, 11) is -3.97. The van der Waals surface area contributed by atoms with Crippen molar-refractivity contribution in [3.05, 3.63) is 34.4 Å². The van der Waals surface area contributed by atoms with Gasteiger partial charge in [-0.1, -0.05) is 6.07 Å². The normalized spacial score (nSPS) is 23.4. The molecule has 0 saturated carbocycles. The summed E-state index contributed by atoms with van der Waals surface area (Å²) in [4.78, 5) is 22.6. The van der Waals surface area contributed by atoms with Crippen LogP contribution in [0.2, 0.25) is 0 Å². The second-order valence-electron chi connectivity index (χ2n) is 6.23. The molecule has 2 aliphatic rings. The van der Waals surface area contributed by atoms with E-state index in [1.54, 1.807) is 0 Å². The number of carbonyl (C=O) groups is 1. The Morgan fingerprint density at radius 3 is 2.77 bits per heavy atom. The molecule has 2 fully saturated rings. The lowest BCUT2D eigenvalue weighted by atomic mass is 10.2. The fraction of sp³-hybridized carbons (Fsp3) is 0.533. The van der Waals surface area contributed by atoms with Crippen LogP contribution in [0, 0.1) is 10.1 Å². The lowest BCUT2D eigenvalue weighted by Crippen LogP contribution is -2.49. The lowest BCUT2D eigenvalue weighted by Gasteiger charge is -2.24. The number of hydrogen-bond donors (Lipinski definition) is 2. The fourth-order valence-electron chi connectivity index (χ4n) is 3.26. The summed E-state index contributed by atoms with van der Waals surface area (Å²) in [5.74, 6) is -0.305. The predicted molar refractivity (Wildman–Crippen MR) is 96.7 cm³/mol. The summed E-state index contributed by atoms with van der Waals surface area (Å²) in [6.07, 6.45) is 1.84. The van der Waals surface area contributed by atoms with Crippen LogP contribution < -0.4 is 10.6 Å². The summed E-state index contributed by atoms with van der Waals surface area (Å²) in [6, 6.07) is 4.15. The molecule has 0 aliphatic carbocycles. The predicted octanol–water partition coefficient (Wildman–Crippen LogP) is 0.648. The first-order chi connectivity index (χ1) is 11.9. The number of benzene rings is 1. The van der Waals surface area contributed by atoms with Crippen LogP contribution in [0.4, 0.5) is 5.69 Å². The smallest absolute Gasteiger partial charge is 0.270 e. The molecule has 2 aliphatic heterocycles. The van der Waals surface area contributed by atoms with Crippen LogP contribution >= 0.6 is 12.4 Å². The van der Waals surface area contributed by atoms with Gasteiger partial charge in [-0.2, -0.15) is 4.31 Å². The molecule has 1 amide bonds. The molecule has 11 heteroatoms. The molecule has 2 N–H and O–H groups in total. The van der Waals surface area contributed by atoms with Gasteiger partial charge in [0.25, 0.3) is 5.69 Å². The second kappa shape index (κ2) is 8.30. The van der Waals surface area contributed by atoms with Crippen LogP contribution in [0.5, 0.6) is 0 Å². The number of rotatable bonds is 5. The summed E-state index contributed by atoms with van der Waals surface area (Å²) in [6.45, 7) is 1.73. The van der Waals surface area contributed by atoms with Crippen molar-refractivity contribution in [1.29, 1.82) is 0 Å². The van der Waals surface area contributed by atoms with E-state index in [-0.39, 0.29) is 41.5 Å². The minimum absolute atomic E-state index is 0. The van der Waals surface area contributed by atoms with Gasteiger partial charge in [-0.3, -0.25) is 14.9 Å². The van der Waals surface area contributed by atoms with Gasteiger partial charge in [-0.25, -0.2) is 8.42 Å². The maximum Gasteiger partial charge on any atom is 0.270 e. The molecule has 2 atom stereocenters. The van der Waals surface area contributed by atoms with Crippen molar-refractivity contribution in [3.63, 3.8) is 0 Å². The van der Waals surface area contributed by atoms with E-state index in [0.717, 1.165) is 23.3 Å². The molecular weight excluding hydrogens is 384 g/mol. The molecule has 26 heavy (non-hydrogen) atoms. The third-order valence-corrected chi connectivity index (χ3v) is 6.45. The van der Waals surface area contributed by atoms with Crippen LogP contribution in [0.25, 0.3) is 0 Å². The van der Waals surface area contributed by atoms with E-state index in [2.05, 4.69) is 10.6 Å². The minimum atomic E-state index is -3.97. The van der Waals surface area contributed by atoms with Gasteiger partial charge in [-0.15, -0.1) is 12.4 Å². The molecule has 3 rings (SSSR count). The molecule has 0 spiro atoms. The standard InChI is InChI=1S/C15H20N4O5S.ClH/c20-15(17-11-6-7-16-10-11)14-5-2-8-18(14)25(23,24)13-4-1-3-12(9-13)19(21)22;/h1,3-4,9,11,14,16H,2,5-8,10H2,(H,17,20);1H. The molecule has 144 valence electrons. The number of non-ortho nitro benzene ring substituents is 1. The first kappa shape index (κ1) is 20.6. The molecule has 2 heterocycles. The Balaban J connectivity index is 0.00000243. The zero-order valence-corrected chi connectivity index (χ0v) is 15.6. The third-order valence-electron chi connectivity index (χ3n) is 4.55. The summed E-state index contributed by atoms with van der Waals surface area (Å²) >= 11 is 0. The highest BCUT2D eigenvalue weighted by Crippen LogP contribution is 2.28. The Labute approximate surface area is 157 Å².